The van der Waals surface area contributed by atoms with Crippen molar-refractivity contribution in [3.8, 4) is 0 Å². The van der Waals surface area contributed by atoms with Gasteiger partial charge in [-0.15, -0.1) is 0 Å². The summed E-state index contributed by atoms with van der Waals surface area (Å²) in [4.78, 5) is 15.3. The van der Waals surface area contributed by atoms with Crippen LogP contribution in [0.5, 0.6) is 0 Å². The molecule has 0 radical (unpaired) electrons. The molecule has 1 aliphatic rings. The molecule has 0 saturated carbocycles. The van der Waals surface area contributed by atoms with E-state index in [1.54, 1.807) is 6.92 Å². The molecule has 1 saturated heterocycles. The Hall–Kier alpha value is 0.160. The quantitative estimate of drug-likeness (QED) is 0.546. The molecule has 0 spiro atoms. The predicted molar refractivity (Wildman–Crippen MR) is 57.6 cm³/mol. The SMILES string of the molecule is CC(=O)N1CCN(CCI)CC1. The lowest BCUT2D eigenvalue weighted by Crippen LogP contribution is -2.48. The Morgan fingerprint density at radius 3 is 2.33 bits per heavy atom. The van der Waals surface area contributed by atoms with Crippen molar-refractivity contribution in [2.45, 2.75) is 6.92 Å². The van der Waals surface area contributed by atoms with E-state index in [-0.39, 0.29) is 5.91 Å². The molecule has 4 heteroatoms. The lowest BCUT2D eigenvalue weighted by atomic mass is 10.3. The largest absolute Gasteiger partial charge is 0.340 e. The molecule has 0 aliphatic carbocycles. The summed E-state index contributed by atoms with van der Waals surface area (Å²) in [6.45, 7) is 6.71. The average molecular weight is 282 g/mol. The van der Waals surface area contributed by atoms with E-state index in [0.29, 0.717) is 0 Å². The number of amides is 1. The van der Waals surface area contributed by atoms with Crippen molar-refractivity contribution in [3.63, 3.8) is 0 Å². The van der Waals surface area contributed by atoms with E-state index >= 15 is 0 Å². The van der Waals surface area contributed by atoms with Crippen LogP contribution in [0, 0.1) is 0 Å². The number of alkyl halides is 1. The number of piperazine rings is 1. The molecule has 70 valence electrons. The first-order valence-corrected chi connectivity index (χ1v) is 5.80. The first-order chi connectivity index (χ1) is 5.74. The predicted octanol–water partition coefficient (Wildman–Crippen LogP) is 0.586. The Morgan fingerprint density at radius 1 is 1.33 bits per heavy atom. The molecule has 0 atom stereocenters. The summed E-state index contributed by atoms with van der Waals surface area (Å²) in [5.41, 5.74) is 0. The van der Waals surface area contributed by atoms with Crippen molar-refractivity contribution >= 4 is 28.5 Å². The van der Waals surface area contributed by atoms with Gasteiger partial charge in [-0.2, -0.15) is 0 Å². The van der Waals surface area contributed by atoms with Crippen LogP contribution in [0.15, 0.2) is 0 Å². The summed E-state index contributed by atoms with van der Waals surface area (Å²) >= 11 is 2.39. The summed E-state index contributed by atoms with van der Waals surface area (Å²) in [6, 6.07) is 0. The maximum absolute atomic E-state index is 11.0. The standard InChI is InChI=1S/C8H15IN2O/c1-8(12)11-6-4-10(3-2-9)5-7-11/h2-7H2,1H3. The van der Waals surface area contributed by atoms with Crippen LogP contribution in [0.2, 0.25) is 0 Å². The number of hydrogen-bond acceptors (Lipinski definition) is 2. The molecule has 0 aromatic rings. The van der Waals surface area contributed by atoms with E-state index in [1.165, 1.54) is 4.43 Å². The molecular formula is C8H15IN2O. The van der Waals surface area contributed by atoms with Gasteiger partial charge in [0, 0.05) is 44.1 Å². The normalized spacial score (nSPS) is 19.7. The smallest absolute Gasteiger partial charge is 0.219 e. The molecule has 0 unspecified atom stereocenters. The average Bonchev–Trinajstić information content (AvgIpc) is 2.06. The van der Waals surface area contributed by atoms with E-state index < -0.39 is 0 Å². The third kappa shape index (κ3) is 2.90. The van der Waals surface area contributed by atoms with Crippen LogP contribution in [0.3, 0.4) is 0 Å². The van der Waals surface area contributed by atoms with Crippen LogP contribution < -0.4 is 0 Å². The minimum Gasteiger partial charge on any atom is -0.340 e. The van der Waals surface area contributed by atoms with Gasteiger partial charge in [0.05, 0.1) is 0 Å². The first-order valence-electron chi connectivity index (χ1n) is 4.28. The molecular weight excluding hydrogens is 267 g/mol. The van der Waals surface area contributed by atoms with Gasteiger partial charge < -0.3 is 4.90 Å². The van der Waals surface area contributed by atoms with Gasteiger partial charge >= 0.3 is 0 Å². The maximum Gasteiger partial charge on any atom is 0.219 e. The lowest BCUT2D eigenvalue weighted by molar-refractivity contribution is -0.130. The van der Waals surface area contributed by atoms with Crippen molar-refractivity contribution in [1.82, 2.24) is 9.80 Å². The van der Waals surface area contributed by atoms with Crippen LogP contribution in [-0.4, -0.2) is 52.9 Å². The first kappa shape index (κ1) is 10.2. The van der Waals surface area contributed by atoms with Gasteiger partial charge in [0.15, 0.2) is 0 Å². The second kappa shape index (κ2) is 5.01. The zero-order valence-electron chi connectivity index (χ0n) is 7.42. The van der Waals surface area contributed by atoms with E-state index in [4.69, 9.17) is 0 Å². The van der Waals surface area contributed by atoms with Crippen LogP contribution in [0.25, 0.3) is 0 Å². The van der Waals surface area contributed by atoms with E-state index in [2.05, 4.69) is 27.5 Å². The number of rotatable bonds is 2. The molecule has 0 aromatic heterocycles. The number of hydrogen-bond donors (Lipinski definition) is 0. The van der Waals surface area contributed by atoms with Crippen molar-refractivity contribution in [2.75, 3.05) is 37.2 Å². The number of halogens is 1. The monoisotopic (exact) mass is 282 g/mol. The van der Waals surface area contributed by atoms with Gasteiger partial charge in [0.25, 0.3) is 0 Å². The van der Waals surface area contributed by atoms with Gasteiger partial charge in [0.1, 0.15) is 0 Å². The molecule has 0 bridgehead atoms. The number of nitrogens with zero attached hydrogens (tertiary/aromatic N) is 2. The number of carbonyl (C=O) groups excluding carboxylic acids is 1. The molecule has 1 rings (SSSR count). The van der Waals surface area contributed by atoms with Crippen molar-refractivity contribution in [3.05, 3.63) is 0 Å². The Kier molecular flexibility index (Phi) is 4.28. The Balaban J connectivity index is 2.25. The second-order valence-electron chi connectivity index (χ2n) is 3.04. The minimum absolute atomic E-state index is 0.212. The van der Waals surface area contributed by atoms with Crippen LogP contribution >= 0.6 is 22.6 Å². The summed E-state index contributed by atoms with van der Waals surface area (Å²) < 4.78 is 1.18. The molecule has 1 heterocycles. The zero-order valence-corrected chi connectivity index (χ0v) is 9.58. The van der Waals surface area contributed by atoms with Gasteiger partial charge in [-0.25, -0.2) is 0 Å². The van der Waals surface area contributed by atoms with Crippen LogP contribution in [0.4, 0.5) is 0 Å². The fourth-order valence-corrected chi connectivity index (χ4v) is 2.09. The van der Waals surface area contributed by atoms with Crippen molar-refractivity contribution in [2.24, 2.45) is 0 Å². The van der Waals surface area contributed by atoms with Crippen molar-refractivity contribution < 1.29 is 4.79 Å². The highest BCUT2D eigenvalue weighted by Gasteiger charge is 2.17. The second-order valence-corrected chi connectivity index (χ2v) is 4.12. The van der Waals surface area contributed by atoms with E-state index in [0.717, 1.165) is 32.7 Å². The topological polar surface area (TPSA) is 23.6 Å². The zero-order chi connectivity index (χ0) is 8.97. The lowest BCUT2D eigenvalue weighted by Gasteiger charge is -2.33. The van der Waals surface area contributed by atoms with E-state index in [1.807, 2.05) is 4.90 Å². The molecule has 1 aliphatic heterocycles. The van der Waals surface area contributed by atoms with Gasteiger partial charge in [0.2, 0.25) is 5.91 Å². The Labute approximate surface area is 87.2 Å². The highest BCUT2D eigenvalue weighted by Crippen LogP contribution is 2.01. The summed E-state index contributed by atoms with van der Waals surface area (Å²) in [7, 11) is 0. The van der Waals surface area contributed by atoms with Crippen LogP contribution in [0.1, 0.15) is 6.92 Å². The minimum atomic E-state index is 0.212. The third-order valence-electron chi connectivity index (χ3n) is 2.22. The van der Waals surface area contributed by atoms with Gasteiger partial charge in [-0.3, -0.25) is 9.69 Å². The Bertz CT molecular complexity index is 155. The third-order valence-corrected chi connectivity index (χ3v) is 2.70. The van der Waals surface area contributed by atoms with Gasteiger partial charge in [-0.1, -0.05) is 22.6 Å². The highest BCUT2D eigenvalue weighted by molar-refractivity contribution is 14.1. The summed E-state index contributed by atoms with van der Waals surface area (Å²) in [5.74, 6) is 0.212. The molecule has 3 nitrogen and oxygen atoms in total. The number of carbonyl (C=O) groups is 1. The molecule has 1 fully saturated rings. The fourth-order valence-electron chi connectivity index (χ4n) is 1.41. The molecule has 0 aromatic carbocycles. The molecule has 12 heavy (non-hydrogen) atoms. The van der Waals surface area contributed by atoms with Crippen molar-refractivity contribution in [1.29, 1.82) is 0 Å². The molecule has 1 amide bonds. The van der Waals surface area contributed by atoms with Gasteiger partial charge in [-0.05, 0) is 0 Å². The van der Waals surface area contributed by atoms with Crippen LogP contribution in [-0.2, 0) is 4.79 Å². The summed E-state index contributed by atoms with van der Waals surface area (Å²) in [5, 5.41) is 0. The Morgan fingerprint density at radius 2 is 1.92 bits per heavy atom. The highest BCUT2D eigenvalue weighted by atomic mass is 127. The van der Waals surface area contributed by atoms with E-state index in [9.17, 15) is 4.79 Å². The molecule has 0 N–H and O–H groups in total. The summed E-state index contributed by atoms with van der Waals surface area (Å²) in [6.07, 6.45) is 0. The fraction of sp³-hybridized carbons (Fsp3) is 0.875. The maximum atomic E-state index is 11.0.